The van der Waals surface area contributed by atoms with Gasteiger partial charge in [-0.05, 0) is 64.6 Å². The van der Waals surface area contributed by atoms with Crippen molar-refractivity contribution in [1.29, 1.82) is 0 Å². The quantitative estimate of drug-likeness (QED) is 0.866. The summed E-state index contributed by atoms with van der Waals surface area (Å²) in [6.07, 6.45) is 6.36. The highest BCUT2D eigenvalue weighted by molar-refractivity contribution is 5.93. The van der Waals surface area contributed by atoms with Crippen LogP contribution in [0.1, 0.15) is 54.0 Å². The summed E-state index contributed by atoms with van der Waals surface area (Å²) in [4.78, 5) is 15.3. The first kappa shape index (κ1) is 18.2. The highest BCUT2D eigenvalue weighted by atomic mass is 16.1. The highest BCUT2D eigenvalue weighted by Crippen LogP contribution is 2.30. The van der Waals surface area contributed by atoms with Gasteiger partial charge in [0.15, 0.2) is 0 Å². The van der Waals surface area contributed by atoms with Crippen molar-refractivity contribution in [3.63, 3.8) is 0 Å². The normalized spacial score (nSPS) is 23.2. The molecule has 0 saturated carbocycles. The van der Waals surface area contributed by atoms with Gasteiger partial charge in [0.05, 0.1) is 11.4 Å². The number of nitrogens with one attached hydrogen (secondary N) is 2. The summed E-state index contributed by atoms with van der Waals surface area (Å²) in [5, 5.41) is 14.8. The molecule has 146 valence electrons. The van der Waals surface area contributed by atoms with Crippen molar-refractivity contribution in [3.05, 3.63) is 23.1 Å². The number of piperidine rings is 2. The molecule has 0 aliphatic carbocycles. The fourth-order valence-corrected chi connectivity index (χ4v) is 4.84. The van der Waals surface area contributed by atoms with E-state index in [4.69, 9.17) is 0 Å². The van der Waals surface area contributed by atoms with Gasteiger partial charge in [0.25, 0.3) is 5.91 Å². The smallest absolute Gasteiger partial charge is 0.269 e. The Morgan fingerprint density at radius 1 is 1.26 bits per heavy atom. The number of carbonyl (C=O) groups excluding carboxylic acids is 1. The minimum atomic E-state index is -0.0686. The molecule has 2 fully saturated rings. The molecule has 0 bridgehead atoms. The summed E-state index contributed by atoms with van der Waals surface area (Å²) >= 11 is 0. The van der Waals surface area contributed by atoms with E-state index in [9.17, 15) is 4.79 Å². The van der Waals surface area contributed by atoms with Crippen LogP contribution >= 0.6 is 0 Å². The van der Waals surface area contributed by atoms with E-state index in [0.717, 1.165) is 29.2 Å². The van der Waals surface area contributed by atoms with Crippen LogP contribution in [0.15, 0.2) is 6.07 Å². The van der Waals surface area contributed by atoms with Crippen molar-refractivity contribution in [2.75, 3.05) is 19.6 Å². The third kappa shape index (κ3) is 3.52. The number of amides is 1. The molecule has 2 aromatic rings. The summed E-state index contributed by atoms with van der Waals surface area (Å²) in [6.45, 7) is 7.18. The topological polar surface area (TPSA) is 78.8 Å². The zero-order chi connectivity index (χ0) is 19.0. The highest BCUT2D eigenvalue weighted by Gasteiger charge is 2.33. The molecule has 2 atom stereocenters. The second-order valence-corrected chi connectivity index (χ2v) is 8.05. The third-order valence-electron chi connectivity index (χ3n) is 6.34. The van der Waals surface area contributed by atoms with E-state index >= 15 is 0 Å². The molecule has 2 unspecified atom stereocenters. The predicted octanol–water partition coefficient (Wildman–Crippen LogP) is 2.42. The van der Waals surface area contributed by atoms with E-state index in [1.54, 1.807) is 0 Å². The van der Waals surface area contributed by atoms with Gasteiger partial charge in [0.1, 0.15) is 5.69 Å². The fraction of sp³-hybridized carbons (Fsp3) is 0.650. The summed E-state index contributed by atoms with van der Waals surface area (Å²) in [6, 6.07) is 2.48. The number of aromatic amines is 1. The van der Waals surface area contributed by atoms with Gasteiger partial charge in [0, 0.05) is 30.9 Å². The third-order valence-corrected chi connectivity index (χ3v) is 6.34. The maximum absolute atomic E-state index is 12.7. The Balaban J connectivity index is 1.41. The number of nitrogens with zero attached hydrogens (tertiary/aromatic N) is 4. The van der Waals surface area contributed by atoms with E-state index < -0.39 is 0 Å². The molecule has 0 radical (unpaired) electrons. The summed E-state index contributed by atoms with van der Waals surface area (Å²) in [5.74, 6) is 0.495. The number of hydrogen-bond donors (Lipinski definition) is 2. The van der Waals surface area contributed by atoms with Crippen LogP contribution in [-0.2, 0) is 7.05 Å². The second kappa shape index (κ2) is 7.46. The number of rotatable bonds is 4. The molecular formula is C20H30N6O. The van der Waals surface area contributed by atoms with Crippen LogP contribution in [0.2, 0.25) is 0 Å². The van der Waals surface area contributed by atoms with E-state index in [-0.39, 0.29) is 5.91 Å². The zero-order valence-electron chi connectivity index (χ0n) is 16.6. The first-order valence-corrected chi connectivity index (χ1v) is 10.1. The van der Waals surface area contributed by atoms with Crippen molar-refractivity contribution in [2.24, 2.45) is 13.0 Å². The number of aromatic nitrogens is 4. The van der Waals surface area contributed by atoms with Gasteiger partial charge in [-0.2, -0.15) is 10.2 Å². The van der Waals surface area contributed by atoms with Crippen LogP contribution < -0.4 is 5.32 Å². The van der Waals surface area contributed by atoms with Gasteiger partial charge in [-0.15, -0.1) is 0 Å². The van der Waals surface area contributed by atoms with Crippen LogP contribution in [0, 0.1) is 19.8 Å². The zero-order valence-corrected chi connectivity index (χ0v) is 16.6. The molecule has 2 aliphatic rings. The Hall–Kier alpha value is -2.15. The van der Waals surface area contributed by atoms with E-state index in [1.807, 2.05) is 31.6 Å². The summed E-state index contributed by atoms with van der Waals surface area (Å²) < 4.78 is 1.85. The van der Waals surface area contributed by atoms with E-state index in [1.165, 1.54) is 45.2 Å². The van der Waals surface area contributed by atoms with E-state index in [2.05, 4.69) is 25.5 Å². The maximum atomic E-state index is 12.7. The van der Waals surface area contributed by atoms with Crippen LogP contribution in [0.25, 0.3) is 11.3 Å². The number of aryl methyl sites for hydroxylation is 2. The number of H-pyrrole nitrogens is 1. The van der Waals surface area contributed by atoms with Crippen LogP contribution in [0.4, 0.5) is 0 Å². The van der Waals surface area contributed by atoms with E-state index in [0.29, 0.717) is 17.7 Å². The molecule has 27 heavy (non-hydrogen) atoms. The second-order valence-electron chi connectivity index (χ2n) is 8.05. The monoisotopic (exact) mass is 370 g/mol. The van der Waals surface area contributed by atoms with Crippen LogP contribution in [-0.4, -0.2) is 56.5 Å². The standard InChI is InChI=1S/C20H30N6O/c1-13-19(14(2)25(3)24-13)16-11-17(23-22-16)20(27)21-12-15-7-6-10-26-9-5-4-8-18(15)26/h11,15,18H,4-10,12H2,1-3H3,(H,21,27)(H,22,23). The maximum Gasteiger partial charge on any atom is 0.269 e. The predicted molar refractivity (Wildman–Crippen MR) is 105 cm³/mol. The lowest BCUT2D eigenvalue weighted by Gasteiger charge is -2.44. The average molecular weight is 371 g/mol. The van der Waals surface area contributed by atoms with Crippen molar-refractivity contribution in [3.8, 4) is 11.3 Å². The molecule has 0 aromatic carbocycles. The Kier molecular flexibility index (Phi) is 5.04. The molecule has 7 nitrogen and oxygen atoms in total. The molecule has 2 N–H and O–H groups in total. The first-order chi connectivity index (χ1) is 13.0. The number of hydrogen-bond acceptors (Lipinski definition) is 4. The molecular weight excluding hydrogens is 340 g/mol. The molecule has 2 saturated heterocycles. The molecule has 2 aliphatic heterocycles. The molecule has 0 spiro atoms. The molecule has 1 amide bonds. The van der Waals surface area contributed by atoms with Gasteiger partial charge >= 0.3 is 0 Å². The summed E-state index contributed by atoms with van der Waals surface area (Å²) in [5.41, 5.74) is 4.26. The van der Waals surface area contributed by atoms with Crippen molar-refractivity contribution in [2.45, 2.75) is 52.0 Å². The molecule has 4 rings (SSSR count). The van der Waals surface area contributed by atoms with Gasteiger partial charge in [-0.3, -0.25) is 14.6 Å². The Morgan fingerprint density at radius 3 is 2.85 bits per heavy atom. The van der Waals surface area contributed by atoms with Crippen molar-refractivity contribution in [1.82, 2.24) is 30.2 Å². The minimum absolute atomic E-state index is 0.0686. The Morgan fingerprint density at radius 2 is 2.07 bits per heavy atom. The van der Waals surface area contributed by atoms with Crippen LogP contribution in [0.3, 0.4) is 0 Å². The lowest BCUT2D eigenvalue weighted by atomic mass is 9.83. The van der Waals surface area contributed by atoms with Crippen molar-refractivity contribution >= 4 is 5.91 Å². The number of fused-ring (bicyclic) bond motifs is 1. The fourth-order valence-electron chi connectivity index (χ4n) is 4.84. The Labute approximate surface area is 160 Å². The first-order valence-electron chi connectivity index (χ1n) is 10.1. The lowest BCUT2D eigenvalue weighted by molar-refractivity contribution is 0.0575. The van der Waals surface area contributed by atoms with Gasteiger partial charge in [-0.25, -0.2) is 0 Å². The molecule has 4 heterocycles. The largest absolute Gasteiger partial charge is 0.350 e. The van der Waals surface area contributed by atoms with Gasteiger partial charge in [0.2, 0.25) is 0 Å². The number of carbonyl (C=O) groups is 1. The summed E-state index contributed by atoms with van der Waals surface area (Å²) in [7, 11) is 1.92. The van der Waals surface area contributed by atoms with Crippen LogP contribution in [0.5, 0.6) is 0 Å². The van der Waals surface area contributed by atoms with Crippen molar-refractivity contribution < 1.29 is 4.79 Å². The Bertz CT molecular complexity index is 821. The molecule has 2 aromatic heterocycles. The SMILES string of the molecule is Cc1nn(C)c(C)c1-c1cc(C(=O)NCC2CCCN3CCCCC23)[nH]n1. The van der Waals surface area contributed by atoms with Gasteiger partial charge < -0.3 is 10.2 Å². The lowest BCUT2D eigenvalue weighted by Crippen LogP contribution is -2.51. The minimum Gasteiger partial charge on any atom is -0.350 e. The molecule has 7 heteroatoms. The average Bonchev–Trinajstić information content (AvgIpc) is 3.24. The van der Waals surface area contributed by atoms with Gasteiger partial charge in [-0.1, -0.05) is 6.42 Å².